The average molecular weight is 369 g/mol. The van der Waals surface area contributed by atoms with Gasteiger partial charge in [0, 0.05) is 30.6 Å². The molecule has 5 aliphatic rings. The van der Waals surface area contributed by atoms with E-state index in [2.05, 4.69) is 4.90 Å². The number of nitrogens with zero attached hydrogens (tertiary/aromatic N) is 1. The molecule has 2 bridgehead atoms. The Morgan fingerprint density at radius 2 is 2.11 bits per heavy atom. The van der Waals surface area contributed by atoms with Gasteiger partial charge in [0.25, 0.3) is 0 Å². The summed E-state index contributed by atoms with van der Waals surface area (Å²) in [6, 6.07) is 2.95. The van der Waals surface area contributed by atoms with Crippen molar-refractivity contribution < 1.29 is 24.2 Å². The van der Waals surface area contributed by atoms with Gasteiger partial charge >= 0.3 is 0 Å². The Kier molecular flexibility index (Phi) is 2.93. The summed E-state index contributed by atoms with van der Waals surface area (Å²) in [7, 11) is 1.56. The summed E-state index contributed by atoms with van der Waals surface area (Å²) in [6.45, 7) is 1.56. The molecule has 6 nitrogen and oxygen atoms in total. The molecule has 6 rings (SSSR count). The fourth-order valence-electron chi connectivity index (χ4n) is 6.25. The van der Waals surface area contributed by atoms with E-state index in [9.17, 15) is 14.7 Å². The van der Waals surface area contributed by atoms with Crippen molar-refractivity contribution in [3.05, 3.63) is 23.3 Å². The SMILES string of the molecule is COc1ccc2c3c1O[C@@H]1C(=O)CC[C@]4(O)[C@H](C2=O)N(CC2CC2)CC[C@@]314. The first-order valence-electron chi connectivity index (χ1n) is 9.93. The van der Waals surface area contributed by atoms with E-state index in [1.165, 1.54) is 12.8 Å². The van der Waals surface area contributed by atoms with E-state index in [0.717, 1.165) is 12.1 Å². The largest absolute Gasteiger partial charge is 0.493 e. The molecule has 6 heteroatoms. The Hall–Kier alpha value is -1.92. The highest BCUT2D eigenvalue weighted by molar-refractivity contribution is 6.07. The number of hydrogen-bond acceptors (Lipinski definition) is 6. The molecule has 2 saturated carbocycles. The van der Waals surface area contributed by atoms with Gasteiger partial charge in [0.2, 0.25) is 0 Å². The summed E-state index contributed by atoms with van der Waals surface area (Å²) in [6.07, 6.45) is 2.87. The maximum absolute atomic E-state index is 13.6. The zero-order chi connectivity index (χ0) is 18.6. The van der Waals surface area contributed by atoms with Gasteiger partial charge in [-0.1, -0.05) is 0 Å². The Morgan fingerprint density at radius 1 is 1.30 bits per heavy atom. The van der Waals surface area contributed by atoms with Crippen molar-refractivity contribution in [3.63, 3.8) is 0 Å². The van der Waals surface area contributed by atoms with Gasteiger partial charge in [-0.3, -0.25) is 14.5 Å². The van der Waals surface area contributed by atoms with Crippen LogP contribution in [0.4, 0.5) is 0 Å². The number of aliphatic hydroxyl groups is 1. The molecule has 0 radical (unpaired) electrons. The van der Waals surface area contributed by atoms with Crippen LogP contribution in [0.15, 0.2) is 12.1 Å². The van der Waals surface area contributed by atoms with E-state index < -0.39 is 23.2 Å². The van der Waals surface area contributed by atoms with Crippen LogP contribution in [0.2, 0.25) is 0 Å². The van der Waals surface area contributed by atoms with E-state index in [-0.39, 0.29) is 18.0 Å². The minimum Gasteiger partial charge on any atom is -0.493 e. The van der Waals surface area contributed by atoms with Crippen molar-refractivity contribution in [3.8, 4) is 11.5 Å². The summed E-state index contributed by atoms with van der Waals surface area (Å²) in [5.41, 5.74) is -0.784. The Bertz CT molecular complexity index is 893. The van der Waals surface area contributed by atoms with E-state index in [0.29, 0.717) is 42.4 Å². The highest BCUT2D eigenvalue weighted by Crippen LogP contribution is 2.64. The summed E-state index contributed by atoms with van der Waals surface area (Å²) < 4.78 is 11.6. The van der Waals surface area contributed by atoms with Crippen LogP contribution in [0.25, 0.3) is 0 Å². The van der Waals surface area contributed by atoms with Crippen LogP contribution in [-0.4, -0.2) is 59.5 Å². The van der Waals surface area contributed by atoms with Crippen LogP contribution in [-0.2, 0) is 10.2 Å². The van der Waals surface area contributed by atoms with Crippen molar-refractivity contribution in [2.24, 2.45) is 5.92 Å². The second kappa shape index (κ2) is 4.92. The fraction of sp³-hybridized carbons (Fsp3) is 0.619. The van der Waals surface area contributed by atoms with E-state index in [1.54, 1.807) is 19.2 Å². The van der Waals surface area contributed by atoms with Gasteiger partial charge in [0.05, 0.1) is 12.5 Å². The first-order valence-corrected chi connectivity index (χ1v) is 9.93. The number of rotatable bonds is 3. The molecule has 1 N–H and O–H groups in total. The van der Waals surface area contributed by atoms with Crippen molar-refractivity contribution in [2.45, 2.75) is 55.3 Å². The molecule has 1 spiro atoms. The predicted molar refractivity (Wildman–Crippen MR) is 95.3 cm³/mol. The van der Waals surface area contributed by atoms with Gasteiger partial charge in [-0.15, -0.1) is 0 Å². The topological polar surface area (TPSA) is 76.1 Å². The molecule has 0 unspecified atom stereocenters. The number of hydrogen-bond donors (Lipinski definition) is 1. The molecule has 27 heavy (non-hydrogen) atoms. The van der Waals surface area contributed by atoms with Crippen molar-refractivity contribution in [2.75, 3.05) is 20.2 Å². The van der Waals surface area contributed by atoms with Gasteiger partial charge in [-0.25, -0.2) is 0 Å². The predicted octanol–water partition coefficient (Wildman–Crippen LogP) is 1.47. The maximum Gasteiger partial charge on any atom is 0.183 e. The fourth-order valence-corrected chi connectivity index (χ4v) is 6.25. The molecule has 2 heterocycles. The van der Waals surface area contributed by atoms with Crippen LogP contribution >= 0.6 is 0 Å². The summed E-state index contributed by atoms with van der Waals surface area (Å²) in [5.74, 6) is 1.62. The Morgan fingerprint density at radius 3 is 2.85 bits per heavy atom. The quantitative estimate of drug-likeness (QED) is 0.870. The van der Waals surface area contributed by atoms with Crippen LogP contribution in [0.1, 0.15) is 48.0 Å². The van der Waals surface area contributed by atoms with Gasteiger partial charge in [0.15, 0.2) is 29.2 Å². The molecule has 4 atom stereocenters. The van der Waals surface area contributed by atoms with Gasteiger partial charge in [-0.05, 0) is 43.7 Å². The average Bonchev–Trinajstić information content (AvgIpc) is 3.40. The van der Waals surface area contributed by atoms with Crippen LogP contribution < -0.4 is 9.47 Å². The molecular weight excluding hydrogens is 346 g/mol. The van der Waals surface area contributed by atoms with Crippen LogP contribution in [0.5, 0.6) is 11.5 Å². The Labute approximate surface area is 157 Å². The third-order valence-electron chi connectivity index (χ3n) is 7.60. The summed E-state index contributed by atoms with van der Waals surface area (Å²) >= 11 is 0. The second-order valence-electron chi connectivity index (χ2n) is 8.83. The molecular formula is C21H23NO5. The third-order valence-corrected chi connectivity index (χ3v) is 7.60. The lowest BCUT2D eigenvalue weighted by molar-refractivity contribution is -0.178. The number of likely N-dealkylation sites (tertiary alicyclic amines) is 1. The molecule has 1 aromatic rings. The van der Waals surface area contributed by atoms with Crippen LogP contribution in [0, 0.1) is 5.92 Å². The number of carbonyl (C=O) groups is 2. The number of benzene rings is 1. The molecule has 2 aliphatic heterocycles. The van der Waals surface area contributed by atoms with Gasteiger partial charge < -0.3 is 14.6 Å². The highest BCUT2D eigenvalue weighted by Gasteiger charge is 2.75. The monoisotopic (exact) mass is 369 g/mol. The number of carbonyl (C=O) groups excluding carboxylic acids is 2. The van der Waals surface area contributed by atoms with E-state index in [1.807, 2.05) is 0 Å². The lowest BCUT2D eigenvalue weighted by atomic mass is 9.48. The Balaban J connectivity index is 1.62. The molecule has 1 aromatic carbocycles. The number of Topliss-reactive ketones (excluding diaryl/α,β-unsaturated/α-hetero) is 2. The minimum absolute atomic E-state index is 0.0209. The first-order chi connectivity index (χ1) is 13.0. The van der Waals surface area contributed by atoms with Crippen molar-refractivity contribution in [1.82, 2.24) is 4.90 Å². The third kappa shape index (κ3) is 1.70. The normalized spacial score (nSPS) is 39.2. The number of piperidine rings is 1. The maximum atomic E-state index is 13.6. The lowest BCUT2D eigenvalue weighted by Crippen LogP contribution is -2.78. The van der Waals surface area contributed by atoms with Gasteiger partial charge in [0.1, 0.15) is 11.6 Å². The second-order valence-corrected chi connectivity index (χ2v) is 8.83. The minimum atomic E-state index is -1.26. The van der Waals surface area contributed by atoms with Gasteiger partial charge in [-0.2, -0.15) is 0 Å². The molecule has 0 amide bonds. The lowest BCUT2D eigenvalue weighted by Gasteiger charge is -2.61. The number of ether oxygens (including phenoxy) is 2. The smallest absolute Gasteiger partial charge is 0.183 e. The van der Waals surface area contributed by atoms with E-state index >= 15 is 0 Å². The molecule has 3 aliphatic carbocycles. The summed E-state index contributed by atoms with van der Waals surface area (Å²) in [5, 5.41) is 12.0. The zero-order valence-electron chi connectivity index (χ0n) is 15.4. The van der Waals surface area contributed by atoms with E-state index in [4.69, 9.17) is 9.47 Å². The number of methoxy groups -OCH3 is 1. The molecule has 142 valence electrons. The molecule has 1 saturated heterocycles. The molecule has 0 aromatic heterocycles. The first kappa shape index (κ1) is 16.1. The molecule has 3 fully saturated rings. The standard InChI is InChI=1S/C21H23NO5/c1-26-14-5-4-12-15-17(14)27-19-13(23)6-7-21(25)18(16(12)24)22(10-11-2-3-11)9-8-20(15,19)21/h4-5,11,18-19,25H,2-3,6-10H2,1H3/t18-,19+,20+,21-/m0/s1. The highest BCUT2D eigenvalue weighted by atomic mass is 16.5. The van der Waals surface area contributed by atoms with Crippen LogP contribution in [0.3, 0.4) is 0 Å². The van der Waals surface area contributed by atoms with Crippen molar-refractivity contribution >= 4 is 11.6 Å². The number of ketones is 2. The van der Waals surface area contributed by atoms with Crippen molar-refractivity contribution in [1.29, 1.82) is 0 Å². The summed E-state index contributed by atoms with van der Waals surface area (Å²) in [4.78, 5) is 28.6. The zero-order valence-corrected chi connectivity index (χ0v) is 15.4.